The summed E-state index contributed by atoms with van der Waals surface area (Å²) in [5, 5.41) is 0.546. The van der Waals surface area contributed by atoms with E-state index < -0.39 is 32.8 Å². The van der Waals surface area contributed by atoms with E-state index in [-0.39, 0.29) is 48.1 Å². The maximum atomic E-state index is 13.5. The van der Waals surface area contributed by atoms with Gasteiger partial charge in [0.05, 0.1) is 4.90 Å². The molecule has 0 spiro atoms. The second-order valence-corrected chi connectivity index (χ2v) is 10.2. The first-order chi connectivity index (χ1) is 17.3. The average Bonchev–Trinajstić information content (AvgIpc) is 2.91. The zero-order chi connectivity index (χ0) is 25.7. The van der Waals surface area contributed by atoms with Crippen LogP contribution in [0.5, 0.6) is 0 Å². The highest BCUT2D eigenvalue weighted by Gasteiger charge is 2.39. The van der Waals surface area contributed by atoms with Crippen LogP contribution < -0.4 is 5.32 Å². The third-order valence-corrected chi connectivity index (χ3v) is 7.72. The van der Waals surface area contributed by atoms with E-state index in [1.807, 2.05) is 0 Å². The summed E-state index contributed by atoms with van der Waals surface area (Å²) in [6.07, 6.45) is 0. The molecule has 1 aliphatic rings. The lowest BCUT2D eigenvalue weighted by atomic mass is 10.1. The molecule has 4 rings (SSSR count). The molecule has 3 aromatic rings. The lowest BCUT2D eigenvalue weighted by molar-refractivity contribution is -0.132. The van der Waals surface area contributed by atoms with Crippen LogP contribution in [0.15, 0.2) is 89.8 Å². The molecule has 1 N–H and O–H groups in total. The second kappa shape index (κ2) is 10.7. The van der Waals surface area contributed by atoms with Gasteiger partial charge in [0.2, 0.25) is 15.2 Å². The number of nitrogens with one attached hydrogen (secondary N) is 1. The molecule has 1 fully saturated rings. The normalized spacial score (nSPS) is 14.7. The zero-order valence-electron chi connectivity index (χ0n) is 19.2. The number of amides is 3. The van der Waals surface area contributed by atoms with Gasteiger partial charge in [0.25, 0.3) is 17.7 Å². The molecule has 8 nitrogen and oxygen atoms in total. The van der Waals surface area contributed by atoms with Crippen LogP contribution in [0.25, 0.3) is 0 Å². The molecule has 0 unspecified atom stereocenters. The van der Waals surface area contributed by atoms with Crippen molar-refractivity contribution in [1.82, 2.24) is 15.1 Å². The van der Waals surface area contributed by atoms with E-state index in [0.29, 0.717) is 0 Å². The van der Waals surface area contributed by atoms with E-state index in [9.17, 15) is 27.2 Å². The van der Waals surface area contributed by atoms with Crippen LogP contribution in [-0.2, 0) is 14.6 Å². The number of piperazine rings is 1. The maximum absolute atomic E-state index is 13.5. The van der Waals surface area contributed by atoms with Gasteiger partial charge >= 0.3 is 0 Å². The Balaban J connectivity index is 1.53. The fourth-order valence-electron chi connectivity index (χ4n) is 3.91. The second-order valence-electron chi connectivity index (χ2n) is 8.21. The Labute approximate surface area is 208 Å². The van der Waals surface area contributed by atoms with Gasteiger partial charge in [-0.3, -0.25) is 14.4 Å². The van der Waals surface area contributed by atoms with Crippen LogP contribution in [0.3, 0.4) is 0 Å². The first-order valence-corrected chi connectivity index (χ1v) is 12.8. The van der Waals surface area contributed by atoms with Gasteiger partial charge in [0.1, 0.15) is 5.82 Å². The monoisotopic (exact) mass is 509 g/mol. The highest BCUT2D eigenvalue weighted by atomic mass is 32.2. The molecular weight excluding hydrogens is 485 g/mol. The minimum Gasteiger partial charge on any atom is -0.336 e. The van der Waals surface area contributed by atoms with Crippen LogP contribution in [-0.4, -0.2) is 67.5 Å². The number of halogens is 1. The number of hydrogen-bond acceptors (Lipinski definition) is 5. The molecular formula is C26H24FN3O5S. The fourth-order valence-corrected chi connectivity index (χ4v) is 5.40. The summed E-state index contributed by atoms with van der Waals surface area (Å²) in [7, 11) is -4.28. The van der Waals surface area contributed by atoms with Crippen LogP contribution in [0.2, 0.25) is 0 Å². The Morgan fingerprint density at radius 2 is 1.31 bits per heavy atom. The molecule has 0 saturated carbocycles. The molecule has 3 amide bonds. The summed E-state index contributed by atoms with van der Waals surface area (Å²) in [4.78, 5) is 41.7. The van der Waals surface area contributed by atoms with Crippen molar-refractivity contribution in [3.05, 3.63) is 102 Å². The molecule has 0 radical (unpaired) electrons. The molecule has 1 saturated heterocycles. The molecule has 36 heavy (non-hydrogen) atoms. The van der Waals surface area contributed by atoms with E-state index in [1.165, 1.54) is 64.4 Å². The zero-order valence-corrected chi connectivity index (χ0v) is 20.0. The lowest BCUT2D eigenvalue weighted by Crippen LogP contribution is -2.57. The van der Waals surface area contributed by atoms with Gasteiger partial charge in [0, 0.05) is 37.3 Å². The molecule has 1 heterocycles. The van der Waals surface area contributed by atoms with Crippen molar-refractivity contribution in [2.75, 3.05) is 26.2 Å². The molecule has 0 aliphatic carbocycles. The fraction of sp³-hybridized carbons (Fsp3) is 0.192. The summed E-state index contributed by atoms with van der Waals surface area (Å²) in [5.41, 5.74) is 0.401. The van der Waals surface area contributed by atoms with Crippen LogP contribution in [0, 0.1) is 5.82 Å². The van der Waals surface area contributed by atoms with Gasteiger partial charge in [-0.25, -0.2) is 12.8 Å². The summed E-state index contributed by atoms with van der Waals surface area (Å²) in [6.45, 7) is 0.376. The van der Waals surface area contributed by atoms with Crippen molar-refractivity contribution in [2.45, 2.75) is 10.3 Å². The third-order valence-electron chi connectivity index (χ3n) is 5.85. The number of carbonyl (C=O) groups excluding carboxylic acids is 3. The number of rotatable bonds is 6. The maximum Gasteiger partial charge on any atom is 0.261 e. The van der Waals surface area contributed by atoms with E-state index in [1.54, 1.807) is 24.3 Å². The summed E-state index contributed by atoms with van der Waals surface area (Å²) in [6, 6.07) is 20.8. The Bertz CT molecular complexity index is 1360. The Hall–Kier alpha value is -4.05. The highest BCUT2D eigenvalue weighted by Crippen LogP contribution is 2.19. The van der Waals surface area contributed by atoms with E-state index in [2.05, 4.69) is 5.32 Å². The van der Waals surface area contributed by atoms with Gasteiger partial charge in [-0.05, 0) is 42.5 Å². The highest BCUT2D eigenvalue weighted by molar-refractivity contribution is 7.92. The average molecular weight is 510 g/mol. The molecule has 10 heteroatoms. The molecule has 0 aromatic heterocycles. The molecule has 186 valence electrons. The van der Waals surface area contributed by atoms with Gasteiger partial charge in [-0.2, -0.15) is 0 Å². The molecule has 1 aliphatic heterocycles. The SMILES string of the molecule is O=C(N[C@@H](C(=O)N1CCN(C(=O)c2cccc(F)c2)CC1)S(=O)(=O)c1ccccc1)c1ccccc1. The number of benzene rings is 3. The summed E-state index contributed by atoms with van der Waals surface area (Å²) < 4.78 is 40.3. The first kappa shape index (κ1) is 25.1. The smallest absolute Gasteiger partial charge is 0.261 e. The molecule has 0 bridgehead atoms. The Kier molecular flexibility index (Phi) is 7.44. The minimum absolute atomic E-state index is 0.0574. The third kappa shape index (κ3) is 5.44. The van der Waals surface area contributed by atoms with Gasteiger partial charge < -0.3 is 15.1 Å². The predicted octanol–water partition coefficient (Wildman–Crippen LogP) is 2.34. The predicted molar refractivity (Wildman–Crippen MR) is 130 cm³/mol. The van der Waals surface area contributed by atoms with Crippen molar-refractivity contribution in [3.8, 4) is 0 Å². The van der Waals surface area contributed by atoms with Crippen molar-refractivity contribution >= 4 is 27.6 Å². The van der Waals surface area contributed by atoms with Crippen LogP contribution in [0.1, 0.15) is 20.7 Å². The van der Waals surface area contributed by atoms with Crippen molar-refractivity contribution in [2.24, 2.45) is 0 Å². The number of nitrogens with zero attached hydrogens (tertiary/aromatic N) is 2. The van der Waals surface area contributed by atoms with Gasteiger partial charge in [0.15, 0.2) is 0 Å². The van der Waals surface area contributed by atoms with E-state index in [4.69, 9.17) is 0 Å². The summed E-state index contributed by atoms with van der Waals surface area (Å²) >= 11 is 0. The van der Waals surface area contributed by atoms with E-state index in [0.717, 1.165) is 6.07 Å². The number of hydrogen-bond donors (Lipinski definition) is 1. The minimum atomic E-state index is -4.28. The molecule has 3 aromatic carbocycles. The topological polar surface area (TPSA) is 104 Å². The number of sulfone groups is 1. The standard InChI is InChI=1S/C26H24FN3O5S/c27-21-11-7-10-20(18-21)25(32)29-14-16-30(17-15-29)26(33)24(28-23(31)19-8-3-1-4-9-19)36(34,35)22-12-5-2-6-13-22/h1-13,18,24H,14-17H2,(H,28,31)/t24-/m1/s1. The molecule has 1 atom stereocenters. The van der Waals surface area contributed by atoms with Crippen LogP contribution >= 0.6 is 0 Å². The van der Waals surface area contributed by atoms with Gasteiger partial charge in [-0.1, -0.05) is 42.5 Å². The first-order valence-electron chi connectivity index (χ1n) is 11.3. The van der Waals surface area contributed by atoms with Crippen molar-refractivity contribution < 1.29 is 27.2 Å². The summed E-state index contributed by atoms with van der Waals surface area (Å²) in [5.74, 6) is -2.40. The quantitative estimate of drug-likeness (QED) is 0.550. The van der Waals surface area contributed by atoms with Gasteiger partial charge in [-0.15, -0.1) is 0 Å². The number of carbonyl (C=O) groups is 3. The van der Waals surface area contributed by atoms with Crippen molar-refractivity contribution in [3.63, 3.8) is 0 Å². The van der Waals surface area contributed by atoms with Crippen LogP contribution in [0.4, 0.5) is 4.39 Å². The lowest BCUT2D eigenvalue weighted by Gasteiger charge is -2.36. The van der Waals surface area contributed by atoms with Crippen molar-refractivity contribution in [1.29, 1.82) is 0 Å². The Morgan fingerprint density at radius 3 is 1.92 bits per heavy atom. The largest absolute Gasteiger partial charge is 0.336 e. The van der Waals surface area contributed by atoms with E-state index >= 15 is 0 Å². The Morgan fingerprint density at radius 1 is 0.750 bits per heavy atom.